The van der Waals surface area contributed by atoms with Crippen molar-refractivity contribution in [2.45, 2.75) is 18.9 Å². The number of nitrogens with zero attached hydrogens (tertiary/aromatic N) is 2. The van der Waals surface area contributed by atoms with Crippen LogP contribution in [0.4, 0.5) is 0 Å². The SMILES string of the molecule is COC1CCN(CCCOc2cccc(C#N)c2)C1. The van der Waals surface area contributed by atoms with Gasteiger partial charge in [0, 0.05) is 26.7 Å². The van der Waals surface area contributed by atoms with Gasteiger partial charge >= 0.3 is 0 Å². The predicted octanol–water partition coefficient (Wildman–Crippen LogP) is 2.05. The van der Waals surface area contributed by atoms with Gasteiger partial charge in [-0.2, -0.15) is 5.26 Å². The summed E-state index contributed by atoms with van der Waals surface area (Å²) < 4.78 is 11.0. The minimum Gasteiger partial charge on any atom is -0.494 e. The summed E-state index contributed by atoms with van der Waals surface area (Å²) in [6, 6.07) is 9.40. The quantitative estimate of drug-likeness (QED) is 0.734. The molecule has 1 saturated heterocycles. The molecule has 1 aliphatic heterocycles. The van der Waals surface area contributed by atoms with E-state index in [-0.39, 0.29) is 0 Å². The molecule has 0 bridgehead atoms. The van der Waals surface area contributed by atoms with Crippen molar-refractivity contribution >= 4 is 0 Å². The molecule has 102 valence electrons. The van der Waals surface area contributed by atoms with Crippen LogP contribution in [0.25, 0.3) is 0 Å². The molecule has 1 aromatic rings. The fourth-order valence-electron chi connectivity index (χ4n) is 2.33. The standard InChI is InChI=1S/C15H20N2O2/c1-18-15-6-8-17(12-15)7-3-9-19-14-5-2-4-13(10-14)11-16/h2,4-5,10,15H,3,6-9,12H2,1H3. The van der Waals surface area contributed by atoms with Gasteiger partial charge in [0.15, 0.2) is 0 Å². The number of benzene rings is 1. The molecule has 4 nitrogen and oxygen atoms in total. The molecule has 1 fully saturated rings. The smallest absolute Gasteiger partial charge is 0.120 e. The second kappa shape index (κ2) is 7.13. The fourth-order valence-corrected chi connectivity index (χ4v) is 2.33. The molecule has 0 aromatic heterocycles. The zero-order valence-corrected chi connectivity index (χ0v) is 11.3. The highest BCUT2D eigenvalue weighted by Crippen LogP contribution is 2.14. The highest BCUT2D eigenvalue weighted by atomic mass is 16.5. The van der Waals surface area contributed by atoms with Crippen LogP contribution in [0.3, 0.4) is 0 Å². The van der Waals surface area contributed by atoms with E-state index >= 15 is 0 Å². The third-order valence-electron chi connectivity index (χ3n) is 3.41. The Morgan fingerprint density at radius 2 is 2.37 bits per heavy atom. The Balaban J connectivity index is 1.65. The number of nitriles is 1. The summed E-state index contributed by atoms with van der Waals surface area (Å²) in [7, 11) is 1.78. The van der Waals surface area contributed by atoms with Gasteiger partial charge in [0.05, 0.1) is 24.3 Å². The number of ether oxygens (including phenoxy) is 2. The Bertz CT molecular complexity index is 442. The minimum atomic E-state index is 0.397. The number of hydrogen-bond donors (Lipinski definition) is 0. The average Bonchev–Trinajstić information content (AvgIpc) is 2.92. The van der Waals surface area contributed by atoms with E-state index in [0.29, 0.717) is 18.3 Å². The van der Waals surface area contributed by atoms with Gasteiger partial charge in [0.25, 0.3) is 0 Å². The van der Waals surface area contributed by atoms with Gasteiger partial charge in [0.2, 0.25) is 0 Å². The van der Waals surface area contributed by atoms with E-state index in [1.807, 2.05) is 12.1 Å². The van der Waals surface area contributed by atoms with Crippen LogP contribution in [0.1, 0.15) is 18.4 Å². The van der Waals surface area contributed by atoms with Crippen LogP contribution < -0.4 is 4.74 Å². The van der Waals surface area contributed by atoms with E-state index in [9.17, 15) is 0 Å². The van der Waals surface area contributed by atoms with Crippen molar-refractivity contribution in [1.82, 2.24) is 4.90 Å². The first-order valence-electron chi connectivity index (χ1n) is 6.70. The first-order chi connectivity index (χ1) is 9.31. The second-order valence-corrected chi connectivity index (χ2v) is 4.79. The lowest BCUT2D eigenvalue weighted by Crippen LogP contribution is -2.25. The molecule has 0 radical (unpaired) electrons. The van der Waals surface area contributed by atoms with Crippen LogP contribution in [0.15, 0.2) is 24.3 Å². The van der Waals surface area contributed by atoms with Crippen LogP contribution >= 0.6 is 0 Å². The van der Waals surface area contributed by atoms with Crippen molar-refractivity contribution in [1.29, 1.82) is 5.26 Å². The predicted molar refractivity (Wildman–Crippen MR) is 73.1 cm³/mol. The maximum atomic E-state index is 8.80. The molecular weight excluding hydrogens is 240 g/mol. The fraction of sp³-hybridized carbons (Fsp3) is 0.533. The average molecular weight is 260 g/mol. The Hall–Kier alpha value is -1.57. The Labute approximate surface area is 114 Å². The third-order valence-corrected chi connectivity index (χ3v) is 3.41. The van der Waals surface area contributed by atoms with Crippen molar-refractivity contribution in [2.24, 2.45) is 0 Å². The molecule has 0 saturated carbocycles. The lowest BCUT2D eigenvalue weighted by Gasteiger charge is -2.15. The van der Waals surface area contributed by atoms with E-state index in [0.717, 1.165) is 38.2 Å². The van der Waals surface area contributed by atoms with Crippen LogP contribution in [-0.2, 0) is 4.74 Å². The van der Waals surface area contributed by atoms with Crippen molar-refractivity contribution < 1.29 is 9.47 Å². The van der Waals surface area contributed by atoms with E-state index < -0.39 is 0 Å². The molecule has 1 unspecified atom stereocenters. The van der Waals surface area contributed by atoms with Gasteiger partial charge in [-0.1, -0.05) is 6.07 Å². The maximum Gasteiger partial charge on any atom is 0.120 e. The summed E-state index contributed by atoms with van der Waals surface area (Å²) >= 11 is 0. The second-order valence-electron chi connectivity index (χ2n) is 4.79. The summed E-state index contributed by atoms with van der Waals surface area (Å²) in [6.07, 6.45) is 2.52. The zero-order valence-electron chi connectivity index (χ0n) is 11.3. The number of hydrogen-bond acceptors (Lipinski definition) is 4. The normalized spacial score (nSPS) is 19.3. The molecule has 1 aliphatic rings. The molecule has 1 atom stereocenters. The molecule has 0 amide bonds. The molecule has 2 rings (SSSR count). The molecule has 1 heterocycles. The summed E-state index contributed by atoms with van der Waals surface area (Å²) in [5, 5.41) is 8.80. The maximum absolute atomic E-state index is 8.80. The first kappa shape index (κ1) is 13.9. The monoisotopic (exact) mass is 260 g/mol. The summed E-state index contributed by atoms with van der Waals surface area (Å²) in [6.45, 7) is 3.86. The van der Waals surface area contributed by atoms with Gasteiger partial charge in [0.1, 0.15) is 5.75 Å². The van der Waals surface area contributed by atoms with Gasteiger partial charge in [-0.05, 0) is 31.0 Å². The van der Waals surface area contributed by atoms with Crippen molar-refractivity contribution in [3.63, 3.8) is 0 Å². The summed E-state index contributed by atoms with van der Waals surface area (Å²) in [4.78, 5) is 2.41. The zero-order chi connectivity index (χ0) is 13.5. The molecule has 0 spiro atoms. The highest BCUT2D eigenvalue weighted by Gasteiger charge is 2.21. The molecule has 4 heteroatoms. The van der Waals surface area contributed by atoms with Gasteiger partial charge < -0.3 is 14.4 Å². The molecule has 1 aromatic carbocycles. The van der Waals surface area contributed by atoms with E-state index in [1.54, 1.807) is 19.2 Å². The van der Waals surface area contributed by atoms with Crippen molar-refractivity contribution in [3.05, 3.63) is 29.8 Å². The Morgan fingerprint density at radius 1 is 1.47 bits per heavy atom. The Kier molecular flexibility index (Phi) is 5.20. The number of rotatable bonds is 6. The highest BCUT2D eigenvalue weighted by molar-refractivity contribution is 5.36. The first-order valence-corrected chi connectivity index (χ1v) is 6.70. The Morgan fingerprint density at radius 3 is 3.11 bits per heavy atom. The molecular formula is C15H20N2O2. The summed E-state index contributed by atoms with van der Waals surface area (Å²) in [5.74, 6) is 0.773. The van der Waals surface area contributed by atoms with E-state index in [4.69, 9.17) is 14.7 Å². The van der Waals surface area contributed by atoms with Gasteiger partial charge in [-0.3, -0.25) is 0 Å². The van der Waals surface area contributed by atoms with Crippen molar-refractivity contribution in [3.8, 4) is 11.8 Å². The molecule has 19 heavy (non-hydrogen) atoms. The van der Waals surface area contributed by atoms with Crippen LogP contribution in [0.2, 0.25) is 0 Å². The summed E-state index contributed by atoms with van der Waals surface area (Å²) in [5.41, 5.74) is 0.639. The van der Waals surface area contributed by atoms with Crippen LogP contribution in [0, 0.1) is 11.3 Å². The third kappa shape index (κ3) is 4.23. The molecule has 0 N–H and O–H groups in total. The topological polar surface area (TPSA) is 45.5 Å². The largest absolute Gasteiger partial charge is 0.494 e. The lowest BCUT2D eigenvalue weighted by molar-refractivity contribution is 0.107. The van der Waals surface area contributed by atoms with Crippen molar-refractivity contribution in [2.75, 3.05) is 33.4 Å². The van der Waals surface area contributed by atoms with Gasteiger partial charge in [-0.15, -0.1) is 0 Å². The van der Waals surface area contributed by atoms with Crippen LogP contribution in [0.5, 0.6) is 5.75 Å². The van der Waals surface area contributed by atoms with E-state index in [2.05, 4.69) is 11.0 Å². The van der Waals surface area contributed by atoms with Crippen LogP contribution in [-0.4, -0.2) is 44.4 Å². The van der Waals surface area contributed by atoms with E-state index in [1.165, 1.54) is 0 Å². The molecule has 0 aliphatic carbocycles. The van der Waals surface area contributed by atoms with Gasteiger partial charge in [-0.25, -0.2) is 0 Å². The lowest BCUT2D eigenvalue weighted by atomic mass is 10.2. The number of likely N-dealkylation sites (tertiary alicyclic amines) is 1. The minimum absolute atomic E-state index is 0.397. The number of methoxy groups -OCH3 is 1.